The summed E-state index contributed by atoms with van der Waals surface area (Å²) in [5.74, 6) is 0.326. The van der Waals surface area contributed by atoms with E-state index in [1.807, 2.05) is 0 Å². The van der Waals surface area contributed by atoms with Crippen molar-refractivity contribution in [3.8, 4) is 0 Å². The summed E-state index contributed by atoms with van der Waals surface area (Å²) in [6.07, 6.45) is 2.04. The normalized spacial score (nSPS) is 15.1. The predicted octanol–water partition coefficient (Wildman–Crippen LogP) is 0.0866. The molecule has 1 aromatic heterocycles. The first kappa shape index (κ1) is 11.3. The molecule has 1 N–H and O–H groups in total. The molecule has 6 nitrogen and oxygen atoms in total. The highest BCUT2D eigenvalue weighted by molar-refractivity contribution is 7.99. The van der Waals surface area contributed by atoms with Gasteiger partial charge in [0.2, 0.25) is 5.91 Å². The van der Waals surface area contributed by atoms with Crippen molar-refractivity contribution in [1.82, 2.24) is 19.7 Å². The van der Waals surface area contributed by atoms with Gasteiger partial charge in [-0.15, -0.1) is 5.10 Å². The number of rotatable bonds is 4. The van der Waals surface area contributed by atoms with Gasteiger partial charge in [-0.2, -0.15) is 0 Å². The highest BCUT2D eigenvalue weighted by Crippen LogP contribution is 2.35. The Labute approximate surface area is 97.0 Å². The van der Waals surface area contributed by atoms with Crippen molar-refractivity contribution in [3.63, 3.8) is 0 Å². The van der Waals surface area contributed by atoms with Crippen LogP contribution in [-0.2, 0) is 4.79 Å². The number of thioether (sulfide) groups is 1. The van der Waals surface area contributed by atoms with Gasteiger partial charge in [-0.1, -0.05) is 11.8 Å². The molecule has 0 spiro atoms. The Hall–Kier alpha value is -1.24. The summed E-state index contributed by atoms with van der Waals surface area (Å²) in [5, 5.41) is 6.96. The smallest absolute Gasteiger partial charge is 0.344 e. The molecule has 0 bridgehead atoms. The Morgan fingerprint density at radius 2 is 2.31 bits per heavy atom. The third-order valence-electron chi connectivity index (χ3n) is 2.41. The highest BCUT2D eigenvalue weighted by Gasteiger charge is 2.28. The number of nitrogens with one attached hydrogen (secondary N) is 1. The van der Waals surface area contributed by atoms with Gasteiger partial charge in [0.1, 0.15) is 0 Å². The molecule has 0 saturated heterocycles. The van der Waals surface area contributed by atoms with Crippen LogP contribution in [0.5, 0.6) is 0 Å². The second kappa shape index (κ2) is 4.32. The summed E-state index contributed by atoms with van der Waals surface area (Å²) >= 11 is 1.30. The summed E-state index contributed by atoms with van der Waals surface area (Å²) < 4.78 is 1.65. The summed E-state index contributed by atoms with van der Waals surface area (Å²) in [6.45, 7) is 0. The Morgan fingerprint density at radius 3 is 2.88 bits per heavy atom. The van der Waals surface area contributed by atoms with Crippen LogP contribution in [0, 0.1) is 0 Å². The van der Waals surface area contributed by atoms with E-state index in [1.165, 1.54) is 16.7 Å². The molecule has 1 saturated carbocycles. The van der Waals surface area contributed by atoms with Crippen molar-refractivity contribution in [1.29, 1.82) is 0 Å². The van der Waals surface area contributed by atoms with E-state index in [-0.39, 0.29) is 17.6 Å². The molecule has 0 aliphatic heterocycles. The number of hydrogen-bond acceptors (Lipinski definition) is 4. The van der Waals surface area contributed by atoms with Crippen LogP contribution in [0.2, 0.25) is 0 Å². The summed E-state index contributed by atoms with van der Waals surface area (Å²) in [5.41, 5.74) is -0.178. The van der Waals surface area contributed by atoms with E-state index in [4.69, 9.17) is 0 Å². The Morgan fingerprint density at radius 1 is 1.62 bits per heavy atom. The zero-order valence-corrected chi connectivity index (χ0v) is 10.1. The number of nitrogens with zero attached hydrogens (tertiary/aromatic N) is 3. The van der Waals surface area contributed by atoms with Crippen molar-refractivity contribution in [2.75, 3.05) is 19.8 Å². The molecular formula is C9H14N4O2S. The molecule has 1 amide bonds. The molecule has 1 aliphatic carbocycles. The van der Waals surface area contributed by atoms with Crippen LogP contribution in [0.3, 0.4) is 0 Å². The van der Waals surface area contributed by atoms with Gasteiger partial charge in [0.15, 0.2) is 5.16 Å². The highest BCUT2D eigenvalue weighted by atomic mass is 32.2. The Balaban J connectivity index is 2.04. The molecular weight excluding hydrogens is 228 g/mol. The number of aromatic amines is 1. The minimum absolute atomic E-state index is 0.0165. The number of carbonyl (C=O) groups excluding carboxylic acids is 1. The lowest BCUT2D eigenvalue weighted by atomic mass is 10.6. The molecule has 16 heavy (non-hydrogen) atoms. The van der Waals surface area contributed by atoms with Crippen molar-refractivity contribution in [2.45, 2.75) is 24.0 Å². The van der Waals surface area contributed by atoms with Crippen LogP contribution in [0.15, 0.2) is 9.95 Å². The van der Waals surface area contributed by atoms with E-state index in [1.54, 1.807) is 18.7 Å². The zero-order chi connectivity index (χ0) is 11.7. The van der Waals surface area contributed by atoms with Crippen LogP contribution < -0.4 is 5.69 Å². The van der Waals surface area contributed by atoms with Crippen LogP contribution in [0.4, 0.5) is 0 Å². The molecule has 7 heteroatoms. The van der Waals surface area contributed by atoms with Gasteiger partial charge in [0.05, 0.1) is 5.75 Å². The molecule has 1 aromatic rings. The molecule has 0 aromatic carbocycles. The van der Waals surface area contributed by atoms with E-state index >= 15 is 0 Å². The fourth-order valence-corrected chi connectivity index (χ4v) is 2.29. The van der Waals surface area contributed by atoms with Gasteiger partial charge < -0.3 is 4.90 Å². The summed E-state index contributed by atoms with van der Waals surface area (Å²) in [7, 11) is 3.42. The molecule has 1 aliphatic rings. The third kappa shape index (κ3) is 2.29. The average Bonchev–Trinajstić information content (AvgIpc) is 3.00. The lowest BCUT2D eigenvalue weighted by Gasteiger charge is -2.09. The predicted molar refractivity (Wildman–Crippen MR) is 60.5 cm³/mol. The summed E-state index contributed by atoms with van der Waals surface area (Å²) in [4.78, 5) is 24.4. The molecule has 0 atom stereocenters. The van der Waals surface area contributed by atoms with Crippen molar-refractivity contribution >= 4 is 17.7 Å². The number of H-pyrrole nitrogens is 1. The standard InChI is InChI=1S/C9H14N4O2S/c1-12(2)7(14)5-16-9-11-10-8(15)13(9)6-3-4-6/h6H,3-5H2,1-2H3,(H,10,15). The topological polar surface area (TPSA) is 71.0 Å². The van der Waals surface area contributed by atoms with Crippen LogP contribution >= 0.6 is 11.8 Å². The van der Waals surface area contributed by atoms with E-state index in [2.05, 4.69) is 10.2 Å². The van der Waals surface area contributed by atoms with Gasteiger partial charge in [-0.05, 0) is 12.8 Å². The van der Waals surface area contributed by atoms with Crippen LogP contribution in [0.25, 0.3) is 0 Å². The van der Waals surface area contributed by atoms with Gasteiger partial charge >= 0.3 is 5.69 Å². The maximum absolute atomic E-state index is 11.4. The molecule has 1 heterocycles. The Kier molecular flexibility index (Phi) is 3.04. The van der Waals surface area contributed by atoms with Crippen molar-refractivity contribution in [2.24, 2.45) is 0 Å². The molecule has 0 unspecified atom stereocenters. The van der Waals surface area contributed by atoms with Crippen LogP contribution in [0.1, 0.15) is 18.9 Å². The number of aromatic nitrogens is 3. The molecule has 0 radical (unpaired) electrons. The largest absolute Gasteiger partial charge is 0.348 e. The number of hydrogen-bond donors (Lipinski definition) is 1. The van der Waals surface area contributed by atoms with Gasteiger partial charge in [0.25, 0.3) is 0 Å². The maximum atomic E-state index is 11.4. The van der Waals surface area contributed by atoms with E-state index in [0.717, 1.165) is 12.8 Å². The quantitative estimate of drug-likeness (QED) is 0.759. The molecule has 2 rings (SSSR count). The van der Waals surface area contributed by atoms with Gasteiger partial charge in [-0.25, -0.2) is 9.89 Å². The lowest BCUT2D eigenvalue weighted by molar-refractivity contribution is -0.125. The van der Waals surface area contributed by atoms with Gasteiger partial charge in [-0.3, -0.25) is 9.36 Å². The second-order valence-electron chi connectivity index (χ2n) is 3.99. The van der Waals surface area contributed by atoms with Gasteiger partial charge in [0, 0.05) is 20.1 Å². The SMILES string of the molecule is CN(C)C(=O)CSc1n[nH]c(=O)n1C1CC1. The Bertz CT molecular complexity index is 447. The van der Waals surface area contributed by atoms with Crippen molar-refractivity contribution < 1.29 is 4.79 Å². The number of carbonyl (C=O) groups is 1. The van der Waals surface area contributed by atoms with Crippen molar-refractivity contribution in [3.05, 3.63) is 10.5 Å². The fourth-order valence-electron chi connectivity index (χ4n) is 1.30. The first-order chi connectivity index (χ1) is 7.59. The first-order valence-corrected chi connectivity index (χ1v) is 6.08. The molecule has 88 valence electrons. The number of amides is 1. The van der Waals surface area contributed by atoms with E-state index in [0.29, 0.717) is 10.9 Å². The maximum Gasteiger partial charge on any atom is 0.344 e. The monoisotopic (exact) mass is 242 g/mol. The van der Waals surface area contributed by atoms with E-state index < -0.39 is 0 Å². The minimum Gasteiger partial charge on any atom is -0.348 e. The first-order valence-electron chi connectivity index (χ1n) is 5.09. The van der Waals surface area contributed by atoms with E-state index in [9.17, 15) is 9.59 Å². The summed E-state index contributed by atoms with van der Waals surface area (Å²) in [6, 6.07) is 0.281. The second-order valence-corrected chi connectivity index (χ2v) is 4.93. The zero-order valence-electron chi connectivity index (χ0n) is 9.27. The fraction of sp³-hybridized carbons (Fsp3) is 0.667. The average molecular weight is 242 g/mol. The molecule has 1 fully saturated rings. The minimum atomic E-state index is -0.178. The lowest BCUT2D eigenvalue weighted by Crippen LogP contribution is -2.24. The third-order valence-corrected chi connectivity index (χ3v) is 3.35. The van der Waals surface area contributed by atoms with Crippen LogP contribution in [-0.4, -0.2) is 45.4 Å².